The highest BCUT2D eigenvalue weighted by Crippen LogP contribution is 2.35. The van der Waals surface area contributed by atoms with Gasteiger partial charge in [0.25, 0.3) is 0 Å². The molecule has 1 aliphatic heterocycles. The molecule has 0 spiro atoms. The number of piperazine rings is 1. The third-order valence-electron chi connectivity index (χ3n) is 3.80. The van der Waals surface area contributed by atoms with Crippen LogP contribution in [0.25, 0.3) is 0 Å². The van der Waals surface area contributed by atoms with Gasteiger partial charge in [-0.05, 0) is 18.8 Å². The van der Waals surface area contributed by atoms with Crippen molar-refractivity contribution in [1.82, 2.24) is 5.32 Å². The lowest BCUT2D eigenvalue weighted by Gasteiger charge is -2.35. The summed E-state index contributed by atoms with van der Waals surface area (Å²) in [6.07, 6.45) is 2.18. The largest absolute Gasteiger partial charge is 0.364 e. The molecule has 19 heavy (non-hydrogen) atoms. The fourth-order valence-corrected chi connectivity index (χ4v) is 2.63. The molecule has 2 fully saturated rings. The molecule has 1 aromatic rings. The Balaban J connectivity index is 1.92. The quantitative estimate of drug-likeness (QED) is 0.658. The Kier molecular flexibility index (Phi) is 3.12. The van der Waals surface area contributed by atoms with Gasteiger partial charge in [-0.15, -0.1) is 0 Å². The molecule has 6 heteroatoms. The van der Waals surface area contributed by atoms with Crippen molar-refractivity contribution in [2.24, 2.45) is 5.92 Å². The van der Waals surface area contributed by atoms with Crippen molar-refractivity contribution in [3.8, 4) is 0 Å². The maximum absolute atomic E-state index is 13.7. The summed E-state index contributed by atoms with van der Waals surface area (Å²) >= 11 is 0. The highest BCUT2D eigenvalue weighted by atomic mass is 19.2. The van der Waals surface area contributed by atoms with Crippen LogP contribution >= 0.6 is 0 Å². The van der Waals surface area contributed by atoms with Crippen LogP contribution in [-0.2, 0) is 0 Å². The van der Waals surface area contributed by atoms with E-state index in [0.717, 1.165) is 12.8 Å². The van der Waals surface area contributed by atoms with E-state index in [1.54, 1.807) is 0 Å². The predicted octanol–water partition coefficient (Wildman–Crippen LogP) is 2.43. The Morgan fingerprint density at radius 3 is 2.26 bits per heavy atom. The Bertz CT molecular complexity index is 476. The van der Waals surface area contributed by atoms with E-state index in [9.17, 15) is 17.6 Å². The summed E-state index contributed by atoms with van der Waals surface area (Å²) in [4.78, 5) is 1.40. The second kappa shape index (κ2) is 4.67. The minimum atomic E-state index is -1.35. The molecule has 0 aromatic heterocycles. The highest BCUT2D eigenvalue weighted by molar-refractivity contribution is 5.51. The topological polar surface area (TPSA) is 15.3 Å². The van der Waals surface area contributed by atoms with Crippen LogP contribution in [-0.4, -0.2) is 25.7 Å². The van der Waals surface area contributed by atoms with Crippen LogP contribution < -0.4 is 10.2 Å². The first-order valence-corrected chi connectivity index (χ1v) is 6.39. The molecule has 1 atom stereocenters. The molecule has 1 aliphatic carbocycles. The molecule has 2 nitrogen and oxygen atoms in total. The molecule has 0 radical (unpaired) electrons. The summed E-state index contributed by atoms with van der Waals surface area (Å²) in [6.45, 7) is 1.26. The normalized spacial score (nSPS) is 23.8. The number of hydrogen-bond acceptors (Lipinski definition) is 2. The lowest BCUT2D eigenvalue weighted by Crippen LogP contribution is -2.52. The van der Waals surface area contributed by atoms with Crippen LogP contribution in [0.2, 0.25) is 0 Å². The maximum Gasteiger partial charge on any atom is 0.185 e. The van der Waals surface area contributed by atoms with Crippen molar-refractivity contribution >= 4 is 5.69 Å². The zero-order valence-electron chi connectivity index (χ0n) is 10.2. The lowest BCUT2D eigenvalue weighted by atomic mass is 10.1. The van der Waals surface area contributed by atoms with Crippen molar-refractivity contribution < 1.29 is 17.6 Å². The summed E-state index contributed by atoms with van der Waals surface area (Å²) in [5.41, 5.74) is -0.579. The van der Waals surface area contributed by atoms with Gasteiger partial charge in [-0.25, -0.2) is 17.6 Å². The highest BCUT2D eigenvalue weighted by Gasteiger charge is 2.36. The van der Waals surface area contributed by atoms with E-state index in [1.807, 2.05) is 0 Å². The molecule has 3 rings (SSSR count). The van der Waals surface area contributed by atoms with Gasteiger partial charge in [0.15, 0.2) is 23.3 Å². The van der Waals surface area contributed by atoms with E-state index in [-0.39, 0.29) is 12.1 Å². The van der Waals surface area contributed by atoms with E-state index in [1.165, 1.54) is 4.90 Å². The number of hydrogen-bond donors (Lipinski definition) is 1. The van der Waals surface area contributed by atoms with Crippen molar-refractivity contribution in [2.75, 3.05) is 24.5 Å². The maximum atomic E-state index is 13.7. The Hall–Kier alpha value is -1.30. The second-order valence-corrected chi connectivity index (χ2v) is 5.16. The molecule has 1 aromatic carbocycles. The predicted molar refractivity (Wildman–Crippen MR) is 63.0 cm³/mol. The molecule has 104 valence electrons. The van der Waals surface area contributed by atoms with Crippen molar-refractivity contribution in [3.05, 3.63) is 29.3 Å². The minimum absolute atomic E-state index is 0.138. The number of halogens is 4. The standard InChI is InChI=1S/C13H14F4N2/c14-8-5-9(15)12(17)13(11(8)16)19-4-3-18-10(6-19)7-1-2-7/h5,7,10,18H,1-4,6H2. The first-order chi connectivity index (χ1) is 9.08. The van der Waals surface area contributed by atoms with E-state index >= 15 is 0 Å². The SMILES string of the molecule is Fc1cc(F)c(F)c(N2CCNC(C3CC3)C2)c1F. The molecule has 1 saturated carbocycles. The Morgan fingerprint density at radius 1 is 1.05 bits per heavy atom. The van der Waals surface area contributed by atoms with Gasteiger partial charge in [-0.2, -0.15) is 0 Å². The van der Waals surface area contributed by atoms with Crippen LogP contribution in [0.15, 0.2) is 6.07 Å². The van der Waals surface area contributed by atoms with Gasteiger partial charge in [0, 0.05) is 31.7 Å². The fourth-order valence-electron chi connectivity index (χ4n) is 2.63. The number of rotatable bonds is 2. The number of anilines is 1. The lowest BCUT2D eigenvalue weighted by molar-refractivity contribution is 0.401. The van der Waals surface area contributed by atoms with E-state index in [0.29, 0.717) is 25.6 Å². The number of nitrogens with zero attached hydrogens (tertiary/aromatic N) is 1. The first-order valence-electron chi connectivity index (χ1n) is 6.39. The molecule has 1 heterocycles. The van der Waals surface area contributed by atoms with Gasteiger partial charge in [-0.3, -0.25) is 0 Å². The van der Waals surface area contributed by atoms with Crippen LogP contribution in [0.3, 0.4) is 0 Å². The number of benzene rings is 1. The first kappa shape index (κ1) is 12.7. The van der Waals surface area contributed by atoms with Crippen LogP contribution in [0.1, 0.15) is 12.8 Å². The summed E-state index contributed by atoms with van der Waals surface area (Å²) in [6, 6.07) is 0.383. The molecule has 0 bridgehead atoms. The molecule has 2 aliphatic rings. The average molecular weight is 274 g/mol. The van der Waals surface area contributed by atoms with Gasteiger partial charge in [0.05, 0.1) is 0 Å². The zero-order chi connectivity index (χ0) is 13.6. The molecular weight excluding hydrogens is 260 g/mol. The monoisotopic (exact) mass is 274 g/mol. The summed E-state index contributed by atoms with van der Waals surface area (Å²) in [5, 5.41) is 3.27. The van der Waals surface area contributed by atoms with Crippen LogP contribution in [0.4, 0.5) is 23.2 Å². The summed E-state index contributed by atoms with van der Waals surface area (Å²) in [7, 11) is 0. The van der Waals surface area contributed by atoms with Gasteiger partial charge < -0.3 is 10.2 Å². The van der Waals surface area contributed by atoms with Crippen molar-refractivity contribution in [3.63, 3.8) is 0 Å². The van der Waals surface area contributed by atoms with E-state index < -0.39 is 29.0 Å². The van der Waals surface area contributed by atoms with Crippen molar-refractivity contribution in [2.45, 2.75) is 18.9 Å². The molecule has 1 N–H and O–H groups in total. The smallest absolute Gasteiger partial charge is 0.185 e. The molecule has 1 unspecified atom stereocenters. The minimum Gasteiger partial charge on any atom is -0.364 e. The molecular formula is C13H14F4N2. The second-order valence-electron chi connectivity index (χ2n) is 5.16. The Morgan fingerprint density at radius 2 is 1.68 bits per heavy atom. The Labute approximate surface area is 108 Å². The molecule has 1 saturated heterocycles. The molecule has 0 amide bonds. The van der Waals surface area contributed by atoms with Gasteiger partial charge >= 0.3 is 0 Å². The zero-order valence-corrected chi connectivity index (χ0v) is 10.2. The third-order valence-corrected chi connectivity index (χ3v) is 3.80. The summed E-state index contributed by atoms with van der Waals surface area (Å²) < 4.78 is 53.9. The van der Waals surface area contributed by atoms with E-state index in [2.05, 4.69) is 5.32 Å². The van der Waals surface area contributed by atoms with Crippen LogP contribution in [0.5, 0.6) is 0 Å². The third kappa shape index (κ3) is 2.29. The average Bonchev–Trinajstić information content (AvgIpc) is 3.21. The van der Waals surface area contributed by atoms with Crippen molar-refractivity contribution in [1.29, 1.82) is 0 Å². The van der Waals surface area contributed by atoms with E-state index in [4.69, 9.17) is 0 Å². The van der Waals surface area contributed by atoms with Crippen LogP contribution in [0, 0.1) is 29.2 Å². The number of nitrogens with one attached hydrogen (secondary N) is 1. The summed E-state index contributed by atoms with van der Waals surface area (Å²) in [5.74, 6) is -4.82. The van der Waals surface area contributed by atoms with Gasteiger partial charge in [0.1, 0.15) is 5.69 Å². The van der Waals surface area contributed by atoms with Gasteiger partial charge in [-0.1, -0.05) is 0 Å². The fraction of sp³-hybridized carbons (Fsp3) is 0.538. The van der Waals surface area contributed by atoms with Gasteiger partial charge in [0.2, 0.25) is 0 Å².